The molecule has 0 saturated carbocycles. The Kier molecular flexibility index (Phi) is 16.9. The first-order valence-corrected chi connectivity index (χ1v) is 16.3. The maximum Gasteiger partial charge on any atom is 0.407 e. The van der Waals surface area contributed by atoms with Crippen LogP contribution in [0.3, 0.4) is 0 Å². The second-order valence-corrected chi connectivity index (χ2v) is 14.5. The van der Waals surface area contributed by atoms with Gasteiger partial charge < -0.3 is 40.4 Å². The van der Waals surface area contributed by atoms with Gasteiger partial charge in [-0.25, -0.2) is 4.79 Å². The Morgan fingerprint density at radius 1 is 0.935 bits per heavy atom. The summed E-state index contributed by atoms with van der Waals surface area (Å²) in [5.74, 6) is 0.0461. The third-order valence-corrected chi connectivity index (χ3v) is 8.15. The lowest BCUT2D eigenvalue weighted by molar-refractivity contribution is -0.130. The van der Waals surface area contributed by atoms with Crippen LogP contribution in [0.15, 0.2) is 18.2 Å². The molecule has 4 unspecified atom stereocenters. The number of aliphatic hydroxyl groups excluding tert-OH is 1. The normalized spacial score (nSPS) is 14.7. The van der Waals surface area contributed by atoms with Crippen molar-refractivity contribution >= 4 is 17.9 Å². The summed E-state index contributed by atoms with van der Waals surface area (Å²) in [5.41, 5.74) is 4.87. The van der Waals surface area contributed by atoms with Gasteiger partial charge in [0, 0.05) is 32.6 Å². The maximum absolute atomic E-state index is 13.3. The third-order valence-electron chi connectivity index (χ3n) is 8.15. The molecule has 4 atom stereocenters. The molecular formula is C35H61N3O8. The molecule has 5 N–H and O–H groups in total. The average molecular weight is 652 g/mol. The number of ether oxygens (including phenoxy) is 4. The smallest absolute Gasteiger partial charge is 0.407 e. The molecule has 0 spiro atoms. The average Bonchev–Trinajstić information content (AvgIpc) is 2.94. The lowest BCUT2D eigenvalue weighted by Gasteiger charge is -2.33. The number of benzene rings is 1. The van der Waals surface area contributed by atoms with E-state index in [4.69, 9.17) is 24.7 Å². The summed E-state index contributed by atoms with van der Waals surface area (Å²) in [7, 11) is 3.26. The van der Waals surface area contributed by atoms with Gasteiger partial charge in [-0.15, -0.1) is 0 Å². The number of carbonyl (C=O) groups is 3. The van der Waals surface area contributed by atoms with Crippen LogP contribution in [0.1, 0.15) is 87.1 Å². The number of hydrogen-bond donors (Lipinski definition) is 4. The monoisotopic (exact) mass is 651 g/mol. The highest BCUT2D eigenvalue weighted by molar-refractivity contribution is 5.83. The zero-order valence-electron chi connectivity index (χ0n) is 30.0. The van der Waals surface area contributed by atoms with Crippen LogP contribution in [-0.2, 0) is 25.5 Å². The van der Waals surface area contributed by atoms with Crippen LogP contribution in [0.4, 0.5) is 4.79 Å². The van der Waals surface area contributed by atoms with Crippen LogP contribution >= 0.6 is 0 Å². The fraction of sp³-hybridized carbons (Fsp3) is 0.743. The molecule has 0 fully saturated rings. The van der Waals surface area contributed by atoms with E-state index in [-0.39, 0.29) is 36.6 Å². The van der Waals surface area contributed by atoms with E-state index in [1.807, 2.05) is 32.0 Å². The Hall–Kier alpha value is -3.05. The molecule has 11 heteroatoms. The van der Waals surface area contributed by atoms with Crippen LogP contribution in [0.2, 0.25) is 0 Å². The van der Waals surface area contributed by atoms with Crippen molar-refractivity contribution in [2.75, 3.05) is 34.0 Å². The summed E-state index contributed by atoms with van der Waals surface area (Å²) in [4.78, 5) is 38.0. The summed E-state index contributed by atoms with van der Waals surface area (Å²) in [6.45, 7) is 17.9. The van der Waals surface area contributed by atoms with Gasteiger partial charge in [0.1, 0.15) is 5.60 Å². The predicted octanol–water partition coefficient (Wildman–Crippen LogP) is 4.86. The standard InChI is InChI=1S/C35H61N3O8/c1-22(2)25(17-24-13-14-29(44-11)30(18-24)45-16-12-15-43-10)19-27(38-33(42)46-34(5,6)7)28(39)20-26(23(3)4)31(40)37-21-35(8,9)32(36)41/h13-14,18,22-23,25-28,39H,12,15-17,19-21H2,1-11H3,(H2,36,41)(H,37,40)(H,38,42). The van der Waals surface area contributed by atoms with E-state index in [2.05, 4.69) is 24.5 Å². The van der Waals surface area contributed by atoms with E-state index in [0.717, 1.165) is 12.0 Å². The van der Waals surface area contributed by atoms with Crippen LogP contribution in [0, 0.1) is 29.1 Å². The number of hydrogen-bond acceptors (Lipinski definition) is 8. The topological polar surface area (TPSA) is 158 Å². The number of alkyl carbamates (subject to hydrolysis) is 1. The molecule has 11 nitrogen and oxygen atoms in total. The first kappa shape index (κ1) is 41.0. The Morgan fingerprint density at radius 2 is 1.59 bits per heavy atom. The van der Waals surface area contributed by atoms with Crippen molar-refractivity contribution in [2.24, 2.45) is 34.8 Å². The number of aliphatic hydroxyl groups is 1. The summed E-state index contributed by atoms with van der Waals surface area (Å²) in [6.07, 6.45) is 0.261. The maximum atomic E-state index is 13.3. The minimum absolute atomic E-state index is 0.0482. The number of methoxy groups -OCH3 is 2. The number of rotatable bonds is 20. The highest BCUT2D eigenvalue weighted by Crippen LogP contribution is 2.32. The Bertz CT molecular complexity index is 1100. The largest absolute Gasteiger partial charge is 0.493 e. The summed E-state index contributed by atoms with van der Waals surface area (Å²) >= 11 is 0. The summed E-state index contributed by atoms with van der Waals surface area (Å²) < 4.78 is 22.2. The van der Waals surface area contributed by atoms with E-state index in [9.17, 15) is 19.5 Å². The quantitative estimate of drug-likeness (QED) is 0.146. The SMILES string of the molecule is COCCCOc1cc(CC(CC(NC(=O)OC(C)(C)C)C(O)CC(C(=O)NCC(C)(C)C(N)=O)C(C)C)C(C)C)ccc1OC. The van der Waals surface area contributed by atoms with E-state index < -0.39 is 41.1 Å². The van der Waals surface area contributed by atoms with Crippen LogP contribution < -0.4 is 25.8 Å². The van der Waals surface area contributed by atoms with Gasteiger partial charge in [-0.05, 0) is 89.3 Å². The van der Waals surface area contributed by atoms with Gasteiger partial charge >= 0.3 is 6.09 Å². The first-order valence-electron chi connectivity index (χ1n) is 16.3. The van der Waals surface area contributed by atoms with E-state index in [0.29, 0.717) is 37.6 Å². The molecule has 0 aliphatic heterocycles. The fourth-order valence-electron chi connectivity index (χ4n) is 4.97. The molecule has 0 bridgehead atoms. The molecule has 3 amide bonds. The van der Waals surface area contributed by atoms with Gasteiger partial charge in [-0.2, -0.15) is 0 Å². The molecule has 0 aromatic heterocycles. The van der Waals surface area contributed by atoms with Crippen molar-refractivity contribution in [3.05, 3.63) is 23.8 Å². The zero-order valence-corrected chi connectivity index (χ0v) is 30.0. The van der Waals surface area contributed by atoms with Gasteiger partial charge in [0.15, 0.2) is 11.5 Å². The molecule has 0 radical (unpaired) electrons. The van der Waals surface area contributed by atoms with E-state index >= 15 is 0 Å². The second kappa shape index (κ2) is 18.9. The molecule has 0 heterocycles. The molecule has 1 aromatic rings. The minimum atomic E-state index is -1.05. The van der Waals surface area contributed by atoms with Crippen molar-refractivity contribution in [3.63, 3.8) is 0 Å². The zero-order chi connectivity index (χ0) is 35.2. The fourth-order valence-corrected chi connectivity index (χ4v) is 4.97. The van der Waals surface area contributed by atoms with E-state index in [1.54, 1.807) is 48.8 Å². The number of nitrogens with one attached hydrogen (secondary N) is 2. The first-order chi connectivity index (χ1) is 21.3. The Labute approximate surface area is 276 Å². The van der Waals surface area contributed by atoms with Gasteiger partial charge in [0.2, 0.25) is 11.8 Å². The number of primary amides is 1. The highest BCUT2D eigenvalue weighted by Gasteiger charge is 2.34. The van der Waals surface area contributed by atoms with Crippen molar-refractivity contribution in [1.82, 2.24) is 10.6 Å². The van der Waals surface area contributed by atoms with Crippen molar-refractivity contribution in [1.29, 1.82) is 0 Å². The predicted molar refractivity (Wildman–Crippen MR) is 180 cm³/mol. The highest BCUT2D eigenvalue weighted by atomic mass is 16.6. The van der Waals surface area contributed by atoms with Gasteiger partial charge in [-0.3, -0.25) is 9.59 Å². The van der Waals surface area contributed by atoms with Crippen molar-refractivity contribution in [3.8, 4) is 11.5 Å². The van der Waals surface area contributed by atoms with Crippen LogP contribution in [0.5, 0.6) is 11.5 Å². The lowest BCUT2D eigenvalue weighted by atomic mass is 9.80. The molecule has 1 aromatic carbocycles. The molecule has 0 aliphatic rings. The van der Waals surface area contributed by atoms with Crippen molar-refractivity contribution in [2.45, 2.75) is 106 Å². The molecule has 46 heavy (non-hydrogen) atoms. The molecule has 0 saturated heterocycles. The lowest BCUT2D eigenvalue weighted by Crippen LogP contribution is -2.49. The second-order valence-electron chi connectivity index (χ2n) is 14.5. The van der Waals surface area contributed by atoms with Crippen molar-refractivity contribution < 1.29 is 38.4 Å². The van der Waals surface area contributed by atoms with Crippen LogP contribution in [0.25, 0.3) is 0 Å². The Morgan fingerprint density at radius 3 is 2.11 bits per heavy atom. The molecule has 0 aliphatic carbocycles. The van der Waals surface area contributed by atoms with E-state index in [1.165, 1.54) is 0 Å². The minimum Gasteiger partial charge on any atom is -0.493 e. The van der Waals surface area contributed by atoms with Crippen LogP contribution in [-0.4, -0.2) is 74.7 Å². The van der Waals surface area contributed by atoms with Gasteiger partial charge in [0.25, 0.3) is 0 Å². The molecular weight excluding hydrogens is 590 g/mol. The third kappa shape index (κ3) is 14.6. The Balaban J connectivity index is 3.26. The van der Waals surface area contributed by atoms with Gasteiger partial charge in [0.05, 0.1) is 31.3 Å². The number of nitrogens with two attached hydrogens (primary N) is 1. The number of carbonyl (C=O) groups excluding carboxylic acids is 3. The molecule has 1 rings (SSSR count). The molecule has 264 valence electrons. The summed E-state index contributed by atoms with van der Waals surface area (Å²) in [5, 5.41) is 17.4. The number of amides is 3. The van der Waals surface area contributed by atoms with Gasteiger partial charge in [-0.1, -0.05) is 33.8 Å². The summed E-state index contributed by atoms with van der Waals surface area (Å²) in [6, 6.07) is 5.16.